The van der Waals surface area contributed by atoms with Crippen molar-refractivity contribution in [1.82, 2.24) is 0 Å². The summed E-state index contributed by atoms with van der Waals surface area (Å²) in [6, 6.07) is 7.47. The van der Waals surface area contributed by atoms with Crippen LogP contribution in [0.2, 0.25) is 0 Å². The average Bonchev–Trinajstić information content (AvgIpc) is 2.75. The number of carbonyl (C=O) groups is 2. The first-order valence-corrected chi connectivity index (χ1v) is 14.9. The number of hydrogen-bond acceptors (Lipinski definition) is 7. The molecule has 1 aliphatic carbocycles. The zero-order valence-electron chi connectivity index (χ0n) is 21.0. The van der Waals surface area contributed by atoms with E-state index in [2.05, 4.69) is 14.4 Å². The van der Waals surface area contributed by atoms with E-state index in [4.69, 9.17) is 0 Å². The molecule has 1 heterocycles. The highest BCUT2D eigenvalue weighted by Crippen LogP contribution is 2.44. The molecule has 198 valence electrons. The zero-order chi connectivity index (χ0) is 27.6. The molecular formula is C25H28FN3O6S2. The van der Waals surface area contributed by atoms with E-state index in [0.29, 0.717) is 18.4 Å². The number of Topliss-reactive ketones (excluding diaryl/α,β-unsaturated/α-hetero) is 2. The van der Waals surface area contributed by atoms with Gasteiger partial charge in [0.05, 0.1) is 17.4 Å². The monoisotopic (exact) mass is 549 g/mol. The van der Waals surface area contributed by atoms with Gasteiger partial charge in [-0.25, -0.2) is 12.8 Å². The molecule has 4 rings (SSSR count). The minimum atomic E-state index is -4.41. The minimum Gasteiger partial charge on any atom is -0.341 e. The van der Waals surface area contributed by atoms with Crippen molar-refractivity contribution in [3.05, 3.63) is 53.3 Å². The summed E-state index contributed by atoms with van der Waals surface area (Å²) in [5.74, 6) is -3.88. The predicted molar refractivity (Wildman–Crippen MR) is 138 cm³/mol. The number of ketones is 2. The molecule has 2 N–H and O–H groups in total. The van der Waals surface area contributed by atoms with Crippen LogP contribution in [0.4, 0.5) is 15.8 Å². The Bertz CT molecular complexity index is 1580. The molecule has 12 heteroatoms. The van der Waals surface area contributed by atoms with Crippen LogP contribution in [-0.4, -0.2) is 40.5 Å². The summed E-state index contributed by atoms with van der Waals surface area (Å²) in [4.78, 5) is 27.2. The second kappa shape index (κ2) is 8.73. The summed E-state index contributed by atoms with van der Waals surface area (Å²) < 4.78 is 69.4. The van der Waals surface area contributed by atoms with Gasteiger partial charge in [-0.15, -0.1) is 4.40 Å². The van der Waals surface area contributed by atoms with Gasteiger partial charge in [-0.1, -0.05) is 26.8 Å². The molecule has 2 aliphatic rings. The van der Waals surface area contributed by atoms with Crippen LogP contribution in [0.1, 0.15) is 56.5 Å². The van der Waals surface area contributed by atoms with Crippen LogP contribution in [0.15, 0.2) is 45.7 Å². The third-order valence-corrected chi connectivity index (χ3v) is 8.54. The fraction of sp³-hybridized carbons (Fsp3) is 0.400. The second-order valence-electron chi connectivity index (χ2n) is 10.9. The second-order valence-corrected chi connectivity index (χ2v) is 14.2. The lowest BCUT2D eigenvalue weighted by Gasteiger charge is -2.39. The third-order valence-electron chi connectivity index (χ3n) is 6.60. The van der Waals surface area contributed by atoms with Crippen molar-refractivity contribution in [2.45, 2.75) is 50.8 Å². The highest BCUT2D eigenvalue weighted by atomic mass is 32.2. The van der Waals surface area contributed by atoms with Gasteiger partial charge in [0.2, 0.25) is 10.0 Å². The lowest BCUT2D eigenvalue weighted by Crippen LogP contribution is -2.51. The fourth-order valence-corrected chi connectivity index (χ4v) is 6.38. The maximum Gasteiger partial charge on any atom is 0.286 e. The normalized spacial score (nSPS) is 23.0. The van der Waals surface area contributed by atoms with E-state index in [1.165, 1.54) is 24.3 Å². The number of carbonyl (C=O) groups excluding carboxylic acids is 2. The molecule has 2 aromatic carbocycles. The van der Waals surface area contributed by atoms with Crippen LogP contribution >= 0.6 is 0 Å². The number of nitrogens with one attached hydrogen (secondary N) is 2. The van der Waals surface area contributed by atoms with Crippen LogP contribution in [-0.2, 0) is 30.3 Å². The van der Waals surface area contributed by atoms with E-state index < -0.39 is 48.8 Å². The molecule has 37 heavy (non-hydrogen) atoms. The first-order chi connectivity index (χ1) is 16.9. The molecule has 0 saturated heterocycles. The Kier molecular flexibility index (Phi) is 6.35. The molecule has 0 aromatic heterocycles. The van der Waals surface area contributed by atoms with Crippen LogP contribution < -0.4 is 10.0 Å². The lowest BCUT2D eigenvalue weighted by atomic mass is 9.62. The number of anilines is 2. The fourth-order valence-electron chi connectivity index (χ4n) is 4.64. The molecule has 0 spiro atoms. The number of fused-ring (bicyclic) bond motifs is 2. The van der Waals surface area contributed by atoms with Gasteiger partial charge in [0.1, 0.15) is 22.5 Å². The Morgan fingerprint density at radius 3 is 2.43 bits per heavy atom. The van der Waals surface area contributed by atoms with Gasteiger partial charge in [0.25, 0.3) is 10.0 Å². The first-order valence-electron chi connectivity index (χ1n) is 11.5. The molecule has 0 fully saturated rings. The molecular weight excluding hydrogens is 521 g/mol. The summed E-state index contributed by atoms with van der Waals surface area (Å²) in [6.07, 6.45) is 1.89. The van der Waals surface area contributed by atoms with E-state index in [1.807, 2.05) is 20.8 Å². The van der Waals surface area contributed by atoms with Crippen molar-refractivity contribution < 1.29 is 30.8 Å². The largest absolute Gasteiger partial charge is 0.341 e. The molecule has 2 atom stereocenters. The lowest BCUT2D eigenvalue weighted by molar-refractivity contribution is -0.125. The first kappa shape index (κ1) is 26.9. The SMILES string of the molecule is CC(C)(C)CCC1(C)C(=O)C(C2=NS(=O)(=O)c3cc(NS(C)(=O)=O)ccc3N2)C(=O)c2cc(F)ccc21. The van der Waals surface area contributed by atoms with E-state index in [9.17, 15) is 30.8 Å². The zero-order valence-corrected chi connectivity index (χ0v) is 22.7. The number of nitrogens with zero attached hydrogens (tertiary/aromatic N) is 1. The van der Waals surface area contributed by atoms with E-state index in [0.717, 1.165) is 18.4 Å². The van der Waals surface area contributed by atoms with Crippen molar-refractivity contribution in [3.8, 4) is 0 Å². The standard InChI is InChI=1S/C25H28FN3O6S2/c1-24(2,3)10-11-25(4)17-8-6-14(26)12-16(17)21(30)20(22(25)31)23-27-18-9-7-15(28-36(5,32)33)13-19(18)37(34,35)29-23/h6-9,12-13,20,28H,10-11H2,1-5H3,(H,27,29). The quantitative estimate of drug-likeness (QED) is 0.540. The number of sulfonamides is 2. The van der Waals surface area contributed by atoms with Gasteiger partial charge < -0.3 is 5.32 Å². The molecule has 0 saturated carbocycles. The minimum absolute atomic E-state index is 0.00857. The number of hydrogen-bond donors (Lipinski definition) is 2. The molecule has 2 aromatic rings. The Morgan fingerprint density at radius 1 is 1.14 bits per heavy atom. The highest BCUT2D eigenvalue weighted by molar-refractivity contribution is 7.92. The van der Waals surface area contributed by atoms with Gasteiger partial charge in [-0.2, -0.15) is 8.42 Å². The van der Waals surface area contributed by atoms with Gasteiger partial charge in [-0.05, 0) is 61.1 Å². The molecule has 0 radical (unpaired) electrons. The predicted octanol–water partition coefficient (Wildman–Crippen LogP) is 3.88. The van der Waals surface area contributed by atoms with Gasteiger partial charge >= 0.3 is 0 Å². The maximum absolute atomic E-state index is 14.2. The maximum atomic E-state index is 14.2. The van der Waals surface area contributed by atoms with Gasteiger partial charge in [-0.3, -0.25) is 14.3 Å². The number of amidine groups is 1. The van der Waals surface area contributed by atoms with Crippen LogP contribution in [0.3, 0.4) is 0 Å². The number of halogens is 1. The summed E-state index contributed by atoms with van der Waals surface area (Å²) in [6.45, 7) is 7.73. The smallest absolute Gasteiger partial charge is 0.286 e. The summed E-state index contributed by atoms with van der Waals surface area (Å²) >= 11 is 0. The van der Waals surface area contributed by atoms with Crippen molar-refractivity contribution in [1.29, 1.82) is 0 Å². The summed E-state index contributed by atoms with van der Waals surface area (Å²) in [7, 11) is -8.08. The molecule has 0 amide bonds. The molecule has 1 aliphatic heterocycles. The van der Waals surface area contributed by atoms with Crippen molar-refractivity contribution in [2.24, 2.45) is 15.7 Å². The topological polar surface area (TPSA) is 139 Å². The summed E-state index contributed by atoms with van der Waals surface area (Å²) in [5, 5.41) is 2.79. The Morgan fingerprint density at radius 2 is 1.81 bits per heavy atom. The van der Waals surface area contributed by atoms with E-state index >= 15 is 0 Å². The Hall–Kier alpha value is -3.12. The molecule has 0 bridgehead atoms. The number of rotatable bonds is 5. The third kappa shape index (κ3) is 5.17. The molecule has 2 unspecified atom stereocenters. The molecule has 9 nitrogen and oxygen atoms in total. The van der Waals surface area contributed by atoms with Crippen molar-refractivity contribution in [2.75, 3.05) is 16.3 Å². The van der Waals surface area contributed by atoms with E-state index in [1.54, 1.807) is 6.92 Å². The van der Waals surface area contributed by atoms with Crippen LogP contribution in [0, 0.1) is 17.2 Å². The average molecular weight is 550 g/mol. The van der Waals surface area contributed by atoms with Gasteiger partial charge in [0, 0.05) is 11.3 Å². The van der Waals surface area contributed by atoms with E-state index in [-0.39, 0.29) is 33.1 Å². The van der Waals surface area contributed by atoms with Gasteiger partial charge in [0.15, 0.2) is 11.6 Å². The van der Waals surface area contributed by atoms with Crippen molar-refractivity contribution in [3.63, 3.8) is 0 Å². The summed E-state index contributed by atoms with van der Waals surface area (Å²) in [5.41, 5.74) is -0.866. The number of benzene rings is 2. The highest BCUT2D eigenvalue weighted by Gasteiger charge is 2.52. The Labute approximate surface area is 215 Å². The van der Waals surface area contributed by atoms with Crippen LogP contribution in [0.5, 0.6) is 0 Å². The Balaban J connectivity index is 1.81. The van der Waals surface area contributed by atoms with Crippen molar-refractivity contribution >= 4 is 48.8 Å². The van der Waals surface area contributed by atoms with Crippen LogP contribution in [0.25, 0.3) is 0 Å².